The number of rotatable bonds is 1. The van der Waals surface area contributed by atoms with E-state index in [9.17, 15) is 4.79 Å². The maximum Gasteiger partial charge on any atom is 0.186 e. The van der Waals surface area contributed by atoms with Gasteiger partial charge in [0.15, 0.2) is 10.9 Å². The summed E-state index contributed by atoms with van der Waals surface area (Å²) in [7, 11) is 0. The summed E-state index contributed by atoms with van der Waals surface area (Å²) < 4.78 is 0. The highest BCUT2D eigenvalue weighted by atomic mass is 32.1. The van der Waals surface area contributed by atoms with Gasteiger partial charge in [0, 0.05) is 32.6 Å². The zero-order valence-electron chi connectivity index (χ0n) is 9.16. The Balaban J connectivity index is 1.88. The van der Waals surface area contributed by atoms with Gasteiger partial charge in [0.1, 0.15) is 0 Å². The van der Waals surface area contributed by atoms with Crippen molar-refractivity contribution < 1.29 is 4.79 Å². The van der Waals surface area contributed by atoms with E-state index in [1.807, 2.05) is 0 Å². The average molecular weight is 237 g/mol. The van der Waals surface area contributed by atoms with Gasteiger partial charge in [0.05, 0.1) is 10.6 Å². The number of hydrogen-bond donors (Lipinski definition) is 1. The lowest BCUT2D eigenvalue weighted by molar-refractivity contribution is 0.0976. The Morgan fingerprint density at radius 1 is 1.25 bits per heavy atom. The lowest BCUT2D eigenvalue weighted by Crippen LogP contribution is -2.43. The molecule has 0 saturated carbocycles. The highest BCUT2D eigenvalue weighted by Crippen LogP contribution is 2.31. The Morgan fingerprint density at radius 3 is 2.81 bits per heavy atom. The Kier molecular flexibility index (Phi) is 2.65. The van der Waals surface area contributed by atoms with Crippen LogP contribution in [0.1, 0.15) is 28.2 Å². The highest BCUT2D eigenvalue weighted by molar-refractivity contribution is 7.17. The SMILES string of the molecule is O=C1CCCc2nc(N3CCNCC3)sc21. The summed E-state index contributed by atoms with van der Waals surface area (Å²) in [5.74, 6) is 0.292. The molecular formula is C11H15N3OS. The van der Waals surface area contributed by atoms with Gasteiger partial charge in [-0.2, -0.15) is 0 Å². The fraction of sp³-hybridized carbons (Fsp3) is 0.636. The predicted molar refractivity (Wildman–Crippen MR) is 64.5 cm³/mol. The summed E-state index contributed by atoms with van der Waals surface area (Å²) in [5.41, 5.74) is 1.04. The number of ketones is 1. The van der Waals surface area contributed by atoms with Crippen molar-refractivity contribution in [3.63, 3.8) is 0 Å². The second-order valence-corrected chi connectivity index (χ2v) is 5.26. The van der Waals surface area contributed by atoms with Gasteiger partial charge in [-0.15, -0.1) is 0 Å². The molecule has 3 rings (SSSR count). The van der Waals surface area contributed by atoms with E-state index in [2.05, 4.69) is 15.2 Å². The van der Waals surface area contributed by atoms with Crippen LogP contribution in [-0.4, -0.2) is 36.9 Å². The summed E-state index contributed by atoms with van der Waals surface area (Å²) in [6, 6.07) is 0. The number of carbonyl (C=O) groups is 1. The zero-order chi connectivity index (χ0) is 11.0. The minimum Gasteiger partial charge on any atom is -0.346 e. The minimum atomic E-state index is 0.292. The number of thiazole rings is 1. The Labute approximate surface area is 98.7 Å². The number of Topliss-reactive ketones (excluding diaryl/α,β-unsaturated/α-hetero) is 1. The zero-order valence-corrected chi connectivity index (χ0v) is 9.98. The average Bonchev–Trinajstić information content (AvgIpc) is 2.76. The molecule has 86 valence electrons. The molecule has 16 heavy (non-hydrogen) atoms. The van der Waals surface area contributed by atoms with Crippen molar-refractivity contribution in [3.05, 3.63) is 10.6 Å². The number of carbonyl (C=O) groups excluding carboxylic acids is 1. The smallest absolute Gasteiger partial charge is 0.186 e. The summed E-state index contributed by atoms with van der Waals surface area (Å²) >= 11 is 1.59. The van der Waals surface area contributed by atoms with Gasteiger partial charge in [0.25, 0.3) is 0 Å². The fourth-order valence-electron chi connectivity index (χ4n) is 2.25. The minimum absolute atomic E-state index is 0.292. The van der Waals surface area contributed by atoms with E-state index in [0.717, 1.165) is 54.7 Å². The van der Waals surface area contributed by atoms with E-state index in [0.29, 0.717) is 12.2 Å². The summed E-state index contributed by atoms with van der Waals surface area (Å²) in [4.78, 5) is 19.5. The summed E-state index contributed by atoms with van der Waals surface area (Å²) in [6.07, 6.45) is 2.65. The van der Waals surface area contributed by atoms with E-state index in [1.54, 1.807) is 11.3 Å². The van der Waals surface area contributed by atoms with Crippen molar-refractivity contribution in [3.8, 4) is 0 Å². The second-order valence-electron chi connectivity index (χ2n) is 4.29. The largest absolute Gasteiger partial charge is 0.346 e. The van der Waals surface area contributed by atoms with Gasteiger partial charge < -0.3 is 10.2 Å². The maximum absolute atomic E-state index is 11.7. The number of anilines is 1. The molecule has 1 fully saturated rings. The molecule has 1 aromatic heterocycles. The first kappa shape index (κ1) is 10.2. The van der Waals surface area contributed by atoms with Crippen LogP contribution in [0.4, 0.5) is 5.13 Å². The molecule has 0 amide bonds. The Morgan fingerprint density at radius 2 is 2.06 bits per heavy atom. The fourth-order valence-corrected chi connectivity index (χ4v) is 3.38. The molecule has 2 heterocycles. The maximum atomic E-state index is 11.7. The van der Waals surface area contributed by atoms with Crippen LogP contribution in [0.2, 0.25) is 0 Å². The molecule has 0 atom stereocenters. The monoisotopic (exact) mass is 237 g/mol. The molecule has 4 nitrogen and oxygen atoms in total. The van der Waals surface area contributed by atoms with Gasteiger partial charge in [-0.1, -0.05) is 11.3 Å². The number of nitrogens with one attached hydrogen (secondary N) is 1. The van der Waals surface area contributed by atoms with Crippen LogP contribution in [0, 0.1) is 0 Å². The van der Waals surface area contributed by atoms with Gasteiger partial charge >= 0.3 is 0 Å². The third kappa shape index (κ3) is 1.74. The molecule has 0 spiro atoms. The molecule has 2 aliphatic rings. The molecule has 1 aromatic rings. The lowest BCUT2D eigenvalue weighted by Gasteiger charge is -2.26. The molecule has 1 N–H and O–H groups in total. The molecule has 0 bridgehead atoms. The van der Waals surface area contributed by atoms with Crippen LogP contribution in [0.25, 0.3) is 0 Å². The van der Waals surface area contributed by atoms with Crippen LogP contribution >= 0.6 is 11.3 Å². The van der Waals surface area contributed by atoms with E-state index in [-0.39, 0.29) is 0 Å². The molecule has 0 unspecified atom stereocenters. The van der Waals surface area contributed by atoms with Crippen LogP contribution in [0.3, 0.4) is 0 Å². The first-order valence-corrected chi connectivity index (χ1v) is 6.65. The van der Waals surface area contributed by atoms with E-state index in [4.69, 9.17) is 0 Å². The first-order valence-electron chi connectivity index (χ1n) is 5.83. The number of piperazine rings is 1. The van der Waals surface area contributed by atoms with Crippen LogP contribution < -0.4 is 10.2 Å². The molecule has 5 heteroatoms. The first-order chi connectivity index (χ1) is 7.84. The van der Waals surface area contributed by atoms with Crippen molar-refractivity contribution in [1.29, 1.82) is 0 Å². The molecular weight excluding hydrogens is 222 g/mol. The third-order valence-electron chi connectivity index (χ3n) is 3.14. The van der Waals surface area contributed by atoms with Crippen LogP contribution in [0.15, 0.2) is 0 Å². The van der Waals surface area contributed by atoms with Crippen LogP contribution in [0.5, 0.6) is 0 Å². The number of fused-ring (bicyclic) bond motifs is 1. The number of aromatic nitrogens is 1. The van der Waals surface area contributed by atoms with Crippen molar-refractivity contribution in [1.82, 2.24) is 10.3 Å². The topological polar surface area (TPSA) is 45.2 Å². The van der Waals surface area contributed by atoms with Crippen molar-refractivity contribution in [2.45, 2.75) is 19.3 Å². The second kappa shape index (κ2) is 4.14. The van der Waals surface area contributed by atoms with Gasteiger partial charge in [0.2, 0.25) is 0 Å². The normalized spacial score (nSPS) is 21.0. The van der Waals surface area contributed by atoms with Gasteiger partial charge in [-0.3, -0.25) is 4.79 Å². The highest BCUT2D eigenvalue weighted by Gasteiger charge is 2.24. The molecule has 1 aliphatic heterocycles. The number of nitrogens with zero attached hydrogens (tertiary/aromatic N) is 2. The number of aryl methyl sites for hydroxylation is 1. The molecule has 0 radical (unpaired) electrons. The molecule has 0 aromatic carbocycles. The Hall–Kier alpha value is -0.940. The van der Waals surface area contributed by atoms with Gasteiger partial charge in [-0.05, 0) is 12.8 Å². The third-order valence-corrected chi connectivity index (χ3v) is 4.34. The predicted octanol–water partition coefficient (Wildman–Crippen LogP) is 1.07. The van der Waals surface area contributed by atoms with E-state index >= 15 is 0 Å². The van der Waals surface area contributed by atoms with Gasteiger partial charge in [-0.25, -0.2) is 4.98 Å². The molecule has 1 aliphatic carbocycles. The van der Waals surface area contributed by atoms with Crippen molar-refractivity contribution in [2.24, 2.45) is 0 Å². The van der Waals surface area contributed by atoms with E-state index in [1.165, 1.54) is 0 Å². The lowest BCUT2D eigenvalue weighted by atomic mass is 10.0. The van der Waals surface area contributed by atoms with Crippen molar-refractivity contribution in [2.75, 3.05) is 31.1 Å². The Bertz CT molecular complexity index is 409. The van der Waals surface area contributed by atoms with Crippen molar-refractivity contribution >= 4 is 22.3 Å². The summed E-state index contributed by atoms with van der Waals surface area (Å²) in [5, 5.41) is 4.37. The molecule has 1 saturated heterocycles. The van der Waals surface area contributed by atoms with Crippen LogP contribution in [-0.2, 0) is 6.42 Å². The number of hydrogen-bond acceptors (Lipinski definition) is 5. The quantitative estimate of drug-likeness (QED) is 0.793. The van der Waals surface area contributed by atoms with E-state index < -0.39 is 0 Å². The summed E-state index contributed by atoms with van der Waals surface area (Å²) in [6.45, 7) is 4.03. The standard InChI is InChI=1S/C11H15N3OS/c15-9-3-1-2-8-10(9)16-11(13-8)14-6-4-12-5-7-14/h12H,1-7H2.